The van der Waals surface area contributed by atoms with Crippen LogP contribution in [0.3, 0.4) is 0 Å². The molecule has 0 bridgehead atoms. The van der Waals surface area contributed by atoms with E-state index in [1.807, 2.05) is 7.11 Å². The SMILES string of the molecule is CCCC1NCCc2c(OC)c(CN3CCCCC3)cc(OC)c21. The fourth-order valence-electron chi connectivity index (χ4n) is 4.30. The van der Waals surface area contributed by atoms with Gasteiger partial charge in [0.15, 0.2) is 0 Å². The molecule has 24 heavy (non-hydrogen) atoms. The van der Waals surface area contributed by atoms with E-state index >= 15 is 0 Å². The Bertz CT molecular complexity index is 553. The standard InChI is InChI=1S/C20H32N2O2/c1-4-8-17-19-16(9-10-21-17)20(24-3)15(13-18(19)23-2)14-22-11-6-5-7-12-22/h13,17,21H,4-12,14H2,1-3H3. The van der Waals surface area contributed by atoms with Gasteiger partial charge < -0.3 is 14.8 Å². The topological polar surface area (TPSA) is 33.7 Å². The minimum Gasteiger partial charge on any atom is -0.496 e. The lowest BCUT2D eigenvalue weighted by Crippen LogP contribution is -2.32. The third-order valence-electron chi connectivity index (χ3n) is 5.42. The van der Waals surface area contributed by atoms with Gasteiger partial charge in [-0.1, -0.05) is 19.8 Å². The van der Waals surface area contributed by atoms with Crippen LogP contribution in [0, 0.1) is 0 Å². The molecule has 2 aliphatic rings. The molecule has 0 spiro atoms. The number of fused-ring (bicyclic) bond motifs is 1. The maximum absolute atomic E-state index is 5.90. The van der Waals surface area contributed by atoms with E-state index in [0.29, 0.717) is 6.04 Å². The van der Waals surface area contributed by atoms with Gasteiger partial charge in [-0.05, 0) is 51.4 Å². The Morgan fingerprint density at radius 2 is 1.96 bits per heavy atom. The average Bonchev–Trinajstić information content (AvgIpc) is 2.62. The molecule has 0 amide bonds. The van der Waals surface area contributed by atoms with E-state index in [1.165, 1.54) is 49.0 Å². The Labute approximate surface area is 146 Å². The molecule has 2 aliphatic heterocycles. The van der Waals surface area contributed by atoms with Crippen molar-refractivity contribution in [2.24, 2.45) is 0 Å². The first-order valence-corrected chi connectivity index (χ1v) is 9.50. The van der Waals surface area contributed by atoms with Crippen molar-refractivity contribution in [3.05, 3.63) is 22.8 Å². The van der Waals surface area contributed by atoms with E-state index in [-0.39, 0.29) is 0 Å². The highest BCUT2D eigenvalue weighted by atomic mass is 16.5. The van der Waals surface area contributed by atoms with Gasteiger partial charge in [0.1, 0.15) is 11.5 Å². The molecule has 1 aromatic carbocycles. The highest BCUT2D eigenvalue weighted by Gasteiger charge is 2.28. The van der Waals surface area contributed by atoms with Crippen molar-refractivity contribution >= 4 is 0 Å². The highest BCUT2D eigenvalue weighted by molar-refractivity contribution is 5.56. The number of benzene rings is 1. The van der Waals surface area contributed by atoms with Crippen LogP contribution < -0.4 is 14.8 Å². The molecule has 1 aromatic rings. The summed E-state index contributed by atoms with van der Waals surface area (Å²) < 4.78 is 11.7. The maximum Gasteiger partial charge on any atom is 0.127 e. The largest absolute Gasteiger partial charge is 0.496 e. The van der Waals surface area contributed by atoms with Crippen LogP contribution in [0.15, 0.2) is 6.07 Å². The number of ether oxygens (including phenoxy) is 2. The molecule has 1 N–H and O–H groups in total. The van der Waals surface area contributed by atoms with Crippen molar-refractivity contribution in [2.75, 3.05) is 33.9 Å². The van der Waals surface area contributed by atoms with Gasteiger partial charge in [0.05, 0.1) is 14.2 Å². The monoisotopic (exact) mass is 332 g/mol. The van der Waals surface area contributed by atoms with E-state index in [4.69, 9.17) is 9.47 Å². The van der Waals surface area contributed by atoms with Crippen LogP contribution in [0.5, 0.6) is 11.5 Å². The summed E-state index contributed by atoms with van der Waals surface area (Å²) in [5.41, 5.74) is 3.97. The zero-order chi connectivity index (χ0) is 16.9. The first-order chi connectivity index (χ1) is 11.8. The molecule has 1 atom stereocenters. The first kappa shape index (κ1) is 17.6. The average molecular weight is 332 g/mol. The molecule has 0 saturated carbocycles. The number of hydrogen-bond donors (Lipinski definition) is 1. The molecule has 0 radical (unpaired) electrons. The van der Waals surface area contributed by atoms with Gasteiger partial charge in [0, 0.05) is 29.3 Å². The molecule has 4 nitrogen and oxygen atoms in total. The van der Waals surface area contributed by atoms with Crippen molar-refractivity contribution in [3.8, 4) is 11.5 Å². The van der Waals surface area contributed by atoms with Crippen molar-refractivity contribution in [1.29, 1.82) is 0 Å². The lowest BCUT2D eigenvalue weighted by Gasteiger charge is -2.32. The van der Waals surface area contributed by atoms with Crippen molar-refractivity contribution < 1.29 is 9.47 Å². The predicted octanol–water partition coefficient (Wildman–Crippen LogP) is 3.68. The van der Waals surface area contributed by atoms with Gasteiger partial charge in [0.2, 0.25) is 0 Å². The van der Waals surface area contributed by atoms with Gasteiger partial charge >= 0.3 is 0 Å². The number of methoxy groups -OCH3 is 2. The third kappa shape index (κ3) is 3.55. The summed E-state index contributed by atoms with van der Waals surface area (Å²) in [7, 11) is 3.61. The Morgan fingerprint density at radius 3 is 2.62 bits per heavy atom. The van der Waals surface area contributed by atoms with Gasteiger partial charge in [-0.2, -0.15) is 0 Å². The molecule has 4 heteroatoms. The van der Waals surface area contributed by atoms with Crippen molar-refractivity contribution in [3.63, 3.8) is 0 Å². The third-order valence-corrected chi connectivity index (χ3v) is 5.42. The summed E-state index contributed by atoms with van der Waals surface area (Å²) in [6.07, 6.45) is 7.31. The van der Waals surface area contributed by atoms with Crippen LogP contribution in [0.25, 0.3) is 0 Å². The Hall–Kier alpha value is -1.26. The summed E-state index contributed by atoms with van der Waals surface area (Å²) in [5.74, 6) is 2.13. The molecular weight excluding hydrogens is 300 g/mol. The number of piperidine rings is 1. The van der Waals surface area contributed by atoms with Gasteiger partial charge in [-0.3, -0.25) is 4.90 Å². The number of hydrogen-bond acceptors (Lipinski definition) is 4. The summed E-state index contributed by atoms with van der Waals surface area (Å²) in [6, 6.07) is 2.61. The Kier molecular flexibility index (Phi) is 6.01. The van der Waals surface area contributed by atoms with Crippen LogP contribution in [0.1, 0.15) is 61.8 Å². The molecule has 134 valence electrons. The zero-order valence-electron chi connectivity index (χ0n) is 15.5. The molecule has 2 heterocycles. The van der Waals surface area contributed by atoms with E-state index in [2.05, 4.69) is 23.2 Å². The van der Waals surface area contributed by atoms with Gasteiger partial charge in [0.25, 0.3) is 0 Å². The smallest absolute Gasteiger partial charge is 0.127 e. The van der Waals surface area contributed by atoms with Gasteiger partial charge in [-0.15, -0.1) is 0 Å². The molecule has 1 unspecified atom stereocenters. The second-order valence-electron chi connectivity index (χ2n) is 7.05. The van der Waals surface area contributed by atoms with Crippen LogP contribution in [0.2, 0.25) is 0 Å². The minimum atomic E-state index is 0.381. The fourth-order valence-corrected chi connectivity index (χ4v) is 4.30. The van der Waals surface area contributed by atoms with Crippen LogP contribution in [-0.2, 0) is 13.0 Å². The normalized spacial score (nSPS) is 21.4. The number of rotatable bonds is 6. The lowest BCUT2D eigenvalue weighted by atomic mass is 9.88. The predicted molar refractivity (Wildman–Crippen MR) is 98.0 cm³/mol. The second kappa shape index (κ2) is 8.21. The number of nitrogens with one attached hydrogen (secondary N) is 1. The maximum atomic E-state index is 5.90. The zero-order valence-corrected chi connectivity index (χ0v) is 15.5. The van der Waals surface area contributed by atoms with Gasteiger partial charge in [-0.25, -0.2) is 0 Å². The number of likely N-dealkylation sites (tertiary alicyclic amines) is 1. The summed E-state index contributed by atoms with van der Waals surface area (Å²) >= 11 is 0. The summed E-state index contributed by atoms with van der Waals surface area (Å²) in [6.45, 7) is 6.62. The fraction of sp³-hybridized carbons (Fsp3) is 0.700. The highest BCUT2D eigenvalue weighted by Crippen LogP contribution is 2.42. The molecule has 1 saturated heterocycles. The van der Waals surface area contributed by atoms with E-state index in [0.717, 1.165) is 43.9 Å². The minimum absolute atomic E-state index is 0.381. The van der Waals surface area contributed by atoms with E-state index in [9.17, 15) is 0 Å². The summed E-state index contributed by atoms with van der Waals surface area (Å²) in [4.78, 5) is 2.55. The first-order valence-electron chi connectivity index (χ1n) is 9.50. The quantitative estimate of drug-likeness (QED) is 0.862. The lowest BCUT2D eigenvalue weighted by molar-refractivity contribution is 0.217. The Balaban J connectivity index is 1.97. The second-order valence-corrected chi connectivity index (χ2v) is 7.05. The van der Waals surface area contributed by atoms with Crippen molar-refractivity contribution in [1.82, 2.24) is 10.2 Å². The molecule has 1 fully saturated rings. The van der Waals surface area contributed by atoms with Crippen LogP contribution in [-0.4, -0.2) is 38.8 Å². The van der Waals surface area contributed by atoms with Crippen LogP contribution in [0.4, 0.5) is 0 Å². The van der Waals surface area contributed by atoms with Crippen LogP contribution >= 0.6 is 0 Å². The number of nitrogens with zero attached hydrogens (tertiary/aromatic N) is 1. The molecular formula is C20H32N2O2. The molecule has 3 rings (SSSR count). The van der Waals surface area contributed by atoms with E-state index in [1.54, 1.807) is 7.11 Å². The molecule has 0 aromatic heterocycles. The Morgan fingerprint density at radius 1 is 1.17 bits per heavy atom. The molecule has 0 aliphatic carbocycles. The summed E-state index contributed by atoms with van der Waals surface area (Å²) in [5, 5.41) is 3.66. The van der Waals surface area contributed by atoms with E-state index < -0.39 is 0 Å². The van der Waals surface area contributed by atoms with Crippen molar-refractivity contribution in [2.45, 2.75) is 58.0 Å².